The quantitative estimate of drug-likeness (QED) is 0.538. The standard InChI is InChI=1S/C22H17N3O2/c1-14-6-8-16(9-7-14)24-21-19(20(26)15-10-12-23-13-11-15)17-4-2-3-5-18(17)22(27)25-21/h2-13H,1H3,(H2,24,25,27). The van der Waals surface area contributed by atoms with Crippen molar-refractivity contribution in [2.24, 2.45) is 0 Å². The monoisotopic (exact) mass is 355 g/mol. The van der Waals surface area contributed by atoms with Gasteiger partial charge in [-0.1, -0.05) is 35.9 Å². The number of nitrogens with one attached hydrogen (secondary N) is 2. The summed E-state index contributed by atoms with van der Waals surface area (Å²) in [4.78, 5) is 32.6. The van der Waals surface area contributed by atoms with Crippen molar-refractivity contribution >= 4 is 28.1 Å². The summed E-state index contributed by atoms with van der Waals surface area (Å²) in [5.41, 5.74) is 2.61. The summed E-state index contributed by atoms with van der Waals surface area (Å²) in [6, 6.07) is 18.2. The third-order valence-electron chi connectivity index (χ3n) is 4.42. The SMILES string of the molecule is Cc1ccc(Nc2[nH]c(=O)c3ccccc3c2C(=O)c2ccncc2)cc1. The first-order valence-corrected chi connectivity index (χ1v) is 8.57. The van der Waals surface area contributed by atoms with Gasteiger partial charge in [0.05, 0.1) is 5.56 Å². The number of aromatic amines is 1. The second-order valence-corrected chi connectivity index (χ2v) is 6.31. The zero-order valence-corrected chi connectivity index (χ0v) is 14.7. The number of aromatic nitrogens is 2. The van der Waals surface area contributed by atoms with Gasteiger partial charge in [-0.25, -0.2) is 0 Å². The van der Waals surface area contributed by atoms with Crippen molar-refractivity contribution in [2.75, 3.05) is 5.32 Å². The molecule has 0 fully saturated rings. The molecule has 2 heterocycles. The van der Waals surface area contributed by atoms with Crippen LogP contribution < -0.4 is 10.9 Å². The van der Waals surface area contributed by atoms with Gasteiger partial charge in [0.1, 0.15) is 5.82 Å². The maximum absolute atomic E-state index is 13.2. The van der Waals surface area contributed by atoms with E-state index in [1.54, 1.807) is 42.7 Å². The van der Waals surface area contributed by atoms with Crippen molar-refractivity contribution in [2.45, 2.75) is 6.92 Å². The fraction of sp³-hybridized carbons (Fsp3) is 0.0455. The van der Waals surface area contributed by atoms with Gasteiger partial charge in [-0.3, -0.25) is 14.6 Å². The van der Waals surface area contributed by atoms with Crippen LogP contribution >= 0.6 is 0 Å². The highest BCUT2D eigenvalue weighted by atomic mass is 16.1. The molecule has 2 aromatic carbocycles. The summed E-state index contributed by atoms with van der Waals surface area (Å²) in [7, 11) is 0. The van der Waals surface area contributed by atoms with Crippen LogP contribution in [0.4, 0.5) is 11.5 Å². The second kappa shape index (κ2) is 6.88. The number of ketones is 1. The van der Waals surface area contributed by atoms with E-state index in [0.717, 1.165) is 11.3 Å². The maximum atomic E-state index is 13.2. The lowest BCUT2D eigenvalue weighted by molar-refractivity contribution is 0.104. The number of fused-ring (bicyclic) bond motifs is 1. The van der Waals surface area contributed by atoms with Gasteiger partial charge in [0.2, 0.25) is 0 Å². The topological polar surface area (TPSA) is 74.8 Å². The Morgan fingerprint density at radius 2 is 1.59 bits per heavy atom. The van der Waals surface area contributed by atoms with E-state index in [9.17, 15) is 9.59 Å². The van der Waals surface area contributed by atoms with Crippen LogP contribution in [-0.4, -0.2) is 15.8 Å². The molecule has 27 heavy (non-hydrogen) atoms. The first-order chi connectivity index (χ1) is 13.1. The molecular formula is C22H17N3O2. The first kappa shape index (κ1) is 16.7. The summed E-state index contributed by atoms with van der Waals surface area (Å²) in [5.74, 6) is 0.198. The Bertz CT molecular complexity index is 1180. The fourth-order valence-corrected chi connectivity index (χ4v) is 3.04. The summed E-state index contributed by atoms with van der Waals surface area (Å²) >= 11 is 0. The van der Waals surface area contributed by atoms with Gasteiger partial charge < -0.3 is 10.3 Å². The average molecular weight is 355 g/mol. The number of aryl methyl sites for hydroxylation is 1. The lowest BCUT2D eigenvalue weighted by atomic mass is 9.98. The number of rotatable bonds is 4. The molecule has 4 rings (SSSR count). The van der Waals surface area contributed by atoms with Crippen LogP contribution in [0.3, 0.4) is 0 Å². The van der Waals surface area contributed by atoms with Crippen LogP contribution in [0.2, 0.25) is 0 Å². The molecular weight excluding hydrogens is 338 g/mol. The van der Waals surface area contributed by atoms with Crippen LogP contribution in [0.1, 0.15) is 21.5 Å². The number of hydrogen-bond donors (Lipinski definition) is 2. The van der Waals surface area contributed by atoms with E-state index >= 15 is 0 Å². The molecule has 0 aliphatic carbocycles. The van der Waals surface area contributed by atoms with Crippen molar-refractivity contribution in [1.29, 1.82) is 0 Å². The lowest BCUT2D eigenvalue weighted by Crippen LogP contribution is -2.16. The van der Waals surface area contributed by atoms with E-state index in [1.807, 2.05) is 37.3 Å². The smallest absolute Gasteiger partial charge is 0.257 e. The number of pyridine rings is 2. The van der Waals surface area contributed by atoms with Crippen LogP contribution in [-0.2, 0) is 0 Å². The van der Waals surface area contributed by atoms with Gasteiger partial charge in [-0.05, 0) is 37.3 Å². The van der Waals surface area contributed by atoms with Gasteiger partial charge in [0, 0.05) is 34.4 Å². The summed E-state index contributed by atoms with van der Waals surface area (Å²) in [6.07, 6.45) is 3.16. The highest BCUT2D eigenvalue weighted by molar-refractivity contribution is 6.19. The predicted octanol–water partition coefficient (Wildman–Crippen LogP) is 4.21. The molecule has 0 atom stereocenters. The summed E-state index contributed by atoms with van der Waals surface area (Å²) in [6.45, 7) is 2.00. The molecule has 0 radical (unpaired) electrons. The van der Waals surface area contributed by atoms with Crippen molar-refractivity contribution < 1.29 is 4.79 Å². The Morgan fingerprint density at radius 3 is 2.30 bits per heavy atom. The molecule has 0 bridgehead atoms. The molecule has 0 unspecified atom stereocenters. The zero-order valence-electron chi connectivity index (χ0n) is 14.7. The average Bonchev–Trinajstić information content (AvgIpc) is 2.70. The minimum atomic E-state index is -0.244. The Hall–Kier alpha value is -3.73. The second-order valence-electron chi connectivity index (χ2n) is 6.31. The minimum Gasteiger partial charge on any atom is -0.341 e. The zero-order chi connectivity index (χ0) is 18.8. The van der Waals surface area contributed by atoms with Gasteiger partial charge >= 0.3 is 0 Å². The van der Waals surface area contributed by atoms with Crippen LogP contribution in [0.25, 0.3) is 10.8 Å². The van der Waals surface area contributed by atoms with Gasteiger partial charge in [0.15, 0.2) is 5.78 Å². The van der Waals surface area contributed by atoms with E-state index in [2.05, 4.69) is 15.3 Å². The van der Waals surface area contributed by atoms with Gasteiger partial charge in [-0.15, -0.1) is 0 Å². The number of H-pyrrole nitrogens is 1. The lowest BCUT2D eigenvalue weighted by Gasteiger charge is -2.14. The molecule has 0 saturated carbocycles. The molecule has 0 spiro atoms. The number of anilines is 2. The van der Waals surface area contributed by atoms with E-state index < -0.39 is 0 Å². The first-order valence-electron chi connectivity index (χ1n) is 8.57. The molecule has 2 aromatic heterocycles. The van der Waals surface area contributed by atoms with Crippen molar-refractivity contribution in [1.82, 2.24) is 9.97 Å². The predicted molar refractivity (Wildman–Crippen MR) is 107 cm³/mol. The molecule has 5 heteroatoms. The van der Waals surface area contributed by atoms with Crippen LogP contribution in [0.5, 0.6) is 0 Å². The summed E-state index contributed by atoms with van der Waals surface area (Å²) in [5, 5.41) is 4.28. The Balaban J connectivity index is 1.93. The van der Waals surface area contributed by atoms with Crippen molar-refractivity contribution in [3.05, 3.63) is 100 Å². The van der Waals surface area contributed by atoms with E-state index in [-0.39, 0.29) is 11.3 Å². The van der Waals surface area contributed by atoms with Crippen molar-refractivity contribution in [3.63, 3.8) is 0 Å². The molecule has 0 amide bonds. The number of carbonyl (C=O) groups is 1. The molecule has 4 aromatic rings. The maximum Gasteiger partial charge on any atom is 0.257 e. The largest absolute Gasteiger partial charge is 0.341 e. The molecule has 0 aliphatic heterocycles. The number of hydrogen-bond acceptors (Lipinski definition) is 4. The van der Waals surface area contributed by atoms with E-state index in [4.69, 9.17) is 0 Å². The minimum absolute atomic E-state index is 0.181. The Labute approximate surface area is 155 Å². The Morgan fingerprint density at radius 1 is 0.926 bits per heavy atom. The number of nitrogens with zero attached hydrogens (tertiary/aromatic N) is 1. The summed E-state index contributed by atoms with van der Waals surface area (Å²) < 4.78 is 0. The normalized spacial score (nSPS) is 10.7. The molecule has 0 saturated heterocycles. The van der Waals surface area contributed by atoms with Crippen LogP contribution in [0.15, 0.2) is 77.9 Å². The number of benzene rings is 2. The third kappa shape index (κ3) is 3.22. The van der Waals surface area contributed by atoms with Gasteiger partial charge in [0.25, 0.3) is 5.56 Å². The highest BCUT2D eigenvalue weighted by Gasteiger charge is 2.19. The fourth-order valence-electron chi connectivity index (χ4n) is 3.04. The molecule has 0 aliphatic rings. The number of carbonyl (C=O) groups excluding carboxylic acids is 1. The highest BCUT2D eigenvalue weighted by Crippen LogP contribution is 2.27. The third-order valence-corrected chi connectivity index (χ3v) is 4.42. The molecule has 132 valence electrons. The van der Waals surface area contributed by atoms with E-state index in [1.165, 1.54) is 0 Å². The van der Waals surface area contributed by atoms with Crippen molar-refractivity contribution in [3.8, 4) is 0 Å². The van der Waals surface area contributed by atoms with E-state index in [0.29, 0.717) is 27.7 Å². The molecule has 5 nitrogen and oxygen atoms in total. The van der Waals surface area contributed by atoms with Gasteiger partial charge in [-0.2, -0.15) is 0 Å². The molecule has 2 N–H and O–H groups in total. The van der Waals surface area contributed by atoms with Crippen LogP contribution in [0, 0.1) is 6.92 Å². The Kier molecular flexibility index (Phi) is 4.26.